The van der Waals surface area contributed by atoms with Gasteiger partial charge in [-0.3, -0.25) is 0 Å². The second kappa shape index (κ2) is 7.30. The van der Waals surface area contributed by atoms with Crippen LogP contribution in [0.5, 0.6) is 0 Å². The lowest BCUT2D eigenvalue weighted by atomic mass is 10.2. The fourth-order valence-electron chi connectivity index (χ4n) is 2.11. The molecule has 2 aromatic carbocycles. The number of hydrogen-bond acceptors (Lipinski definition) is 3. The SMILES string of the molecule is CN(CCCNc1ccc(F)cc1C#N)c1ccccc1. The number of nitrogens with one attached hydrogen (secondary N) is 1. The van der Waals surface area contributed by atoms with Gasteiger partial charge in [-0.25, -0.2) is 4.39 Å². The molecule has 21 heavy (non-hydrogen) atoms. The molecule has 0 fully saturated rings. The van der Waals surface area contributed by atoms with Crippen molar-refractivity contribution < 1.29 is 4.39 Å². The van der Waals surface area contributed by atoms with E-state index in [1.165, 1.54) is 17.8 Å². The number of halogens is 1. The van der Waals surface area contributed by atoms with Crippen molar-refractivity contribution in [3.8, 4) is 6.07 Å². The van der Waals surface area contributed by atoms with Crippen LogP contribution in [0.15, 0.2) is 48.5 Å². The molecule has 0 unspecified atom stereocenters. The summed E-state index contributed by atoms with van der Waals surface area (Å²) in [5, 5.41) is 12.2. The van der Waals surface area contributed by atoms with E-state index in [0.29, 0.717) is 11.3 Å². The molecule has 0 heterocycles. The quantitative estimate of drug-likeness (QED) is 0.823. The lowest BCUT2D eigenvalue weighted by Crippen LogP contribution is -2.20. The first kappa shape index (κ1) is 14.9. The van der Waals surface area contributed by atoms with Crippen molar-refractivity contribution in [2.75, 3.05) is 30.4 Å². The first-order valence-corrected chi connectivity index (χ1v) is 6.90. The third-order valence-electron chi connectivity index (χ3n) is 3.28. The molecule has 2 rings (SSSR count). The van der Waals surface area contributed by atoms with Gasteiger partial charge in [-0.15, -0.1) is 0 Å². The van der Waals surface area contributed by atoms with Crippen LogP contribution in [0.2, 0.25) is 0 Å². The Kier molecular flexibility index (Phi) is 5.16. The predicted octanol–water partition coefficient (Wildman–Crippen LogP) is 3.64. The van der Waals surface area contributed by atoms with Gasteiger partial charge in [0.15, 0.2) is 0 Å². The topological polar surface area (TPSA) is 39.1 Å². The second-order valence-corrected chi connectivity index (χ2v) is 4.84. The van der Waals surface area contributed by atoms with E-state index in [0.717, 1.165) is 19.5 Å². The van der Waals surface area contributed by atoms with Gasteiger partial charge in [0.25, 0.3) is 0 Å². The average molecular weight is 283 g/mol. The number of nitrogens with zero attached hydrogens (tertiary/aromatic N) is 2. The molecule has 3 nitrogen and oxygen atoms in total. The molecule has 0 aliphatic carbocycles. The van der Waals surface area contributed by atoms with Crippen molar-refractivity contribution in [1.82, 2.24) is 0 Å². The van der Waals surface area contributed by atoms with Gasteiger partial charge >= 0.3 is 0 Å². The highest BCUT2D eigenvalue weighted by atomic mass is 19.1. The van der Waals surface area contributed by atoms with Crippen molar-refractivity contribution in [1.29, 1.82) is 5.26 Å². The van der Waals surface area contributed by atoms with E-state index in [9.17, 15) is 4.39 Å². The molecule has 2 aromatic rings. The highest BCUT2D eigenvalue weighted by Gasteiger charge is 2.03. The van der Waals surface area contributed by atoms with E-state index in [4.69, 9.17) is 5.26 Å². The maximum atomic E-state index is 13.0. The van der Waals surface area contributed by atoms with E-state index in [1.54, 1.807) is 6.07 Å². The molecule has 108 valence electrons. The van der Waals surface area contributed by atoms with Gasteiger partial charge in [-0.05, 0) is 36.8 Å². The van der Waals surface area contributed by atoms with Crippen LogP contribution in [0.3, 0.4) is 0 Å². The number of nitriles is 1. The van der Waals surface area contributed by atoms with Crippen LogP contribution in [-0.2, 0) is 0 Å². The van der Waals surface area contributed by atoms with Crippen molar-refractivity contribution in [3.05, 3.63) is 59.9 Å². The van der Waals surface area contributed by atoms with Crippen LogP contribution in [-0.4, -0.2) is 20.1 Å². The minimum absolute atomic E-state index is 0.339. The summed E-state index contributed by atoms with van der Waals surface area (Å²) in [7, 11) is 2.05. The Morgan fingerprint density at radius 3 is 2.67 bits per heavy atom. The molecule has 0 aliphatic rings. The molecule has 1 N–H and O–H groups in total. The van der Waals surface area contributed by atoms with Crippen LogP contribution in [0, 0.1) is 17.1 Å². The van der Waals surface area contributed by atoms with Gasteiger partial charge in [0.2, 0.25) is 0 Å². The number of rotatable bonds is 6. The molecule has 0 bridgehead atoms. The fourth-order valence-corrected chi connectivity index (χ4v) is 2.11. The molecule has 0 atom stereocenters. The summed E-state index contributed by atoms with van der Waals surface area (Å²) in [6.07, 6.45) is 0.924. The Labute approximate surface area is 124 Å². The summed E-state index contributed by atoms with van der Waals surface area (Å²) in [6.45, 7) is 1.64. The van der Waals surface area contributed by atoms with E-state index < -0.39 is 0 Å². The maximum absolute atomic E-state index is 13.0. The normalized spacial score (nSPS) is 9.95. The zero-order valence-electron chi connectivity index (χ0n) is 12.0. The zero-order chi connectivity index (χ0) is 15.1. The van der Waals surface area contributed by atoms with Gasteiger partial charge in [0, 0.05) is 25.8 Å². The highest BCUT2D eigenvalue weighted by Crippen LogP contribution is 2.16. The van der Waals surface area contributed by atoms with Crippen LogP contribution in [0.1, 0.15) is 12.0 Å². The van der Waals surface area contributed by atoms with Crippen molar-refractivity contribution in [2.45, 2.75) is 6.42 Å². The van der Waals surface area contributed by atoms with E-state index in [2.05, 4.69) is 22.3 Å². The minimum Gasteiger partial charge on any atom is -0.384 e. The summed E-state index contributed by atoms with van der Waals surface area (Å²) in [5.74, 6) is -0.388. The third-order valence-corrected chi connectivity index (χ3v) is 3.28. The summed E-state index contributed by atoms with van der Waals surface area (Å²) >= 11 is 0. The molecule has 4 heteroatoms. The predicted molar refractivity (Wildman–Crippen MR) is 83.9 cm³/mol. The third kappa shape index (κ3) is 4.22. The number of anilines is 2. The summed E-state index contributed by atoms with van der Waals surface area (Å²) in [5.41, 5.74) is 2.20. The molecular weight excluding hydrogens is 265 g/mol. The van der Waals surface area contributed by atoms with E-state index in [-0.39, 0.29) is 5.82 Å². The Hall–Kier alpha value is -2.54. The summed E-state index contributed by atoms with van der Waals surface area (Å²) < 4.78 is 13.0. The molecular formula is C17H18FN3. The largest absolute Gasteiger partial charge is 0.384 e. The average Bonchev–Trinajstić information content (AvgIpc) is 2.53. The Morgan fingerprint density at radius 2 is 1.95 bits per heavy atom. The summed E-state index contributed by atoms with van der Waals surface area (Å²) in [6, 6.07) is 16.4. The number of para-hydroxylation sites is 1. The fraction of sp³-hybridized carbons (Fsp3) is 0.235. The second-order valence-electron chi connectivity index (χ2n) is 4.84. The summed E-state index contributed by atoms with van der Waals surface area (Å²) in [4.78, 5) is 2.18. The molecule has 0 aliphatic heterocycles. The first-order valence-electron chi connectivity index (χ1n) is 6.90. The first-order chi connectivity index (χ1) is 10.2. The molecule has 0 spiro atoms. The van der Waals surface area contributed by atoms with E-state index in [1.807, 2.05) is 31.3 Å². The van der Waals surface area contributed by atoms with Crippen LogP contribution in [0.4, 0.5) is 15.8 Å². The van der Waals surface area contributed by atoms with Gasteiger partial charge in [-0.1, -0.05) is 18.2 Å². The molecule has 0 saturated carbocycles. The molecule has 0 amide bonds. The lowest BCUT2D eigenvalue weighted by molar-refractivity contribution is 0.627. The van der Waals surface area contributed by atoms with Crippen LogP contribution < -0.4 is 10.2 Å². The standard InChI is InChI=1S/C17H18FN3/c1-21(16-6-3-2-4-7-16)11-5-10-20-17-9-8-15(18)12-14(17)13-19/h2-4,6-9,12,20H,5,10-11H2,1H3. The van der Waals surface area contributed by atoms with Gasteiger partial charge in [-0.2, -0.15) is 5.26 Å². The molecule has 0 saturated heterocycles. The smallest absolute Gasteiger partial charge is 0.124 e. The number of hydrogen-bond donors (Lipinski definition) is 1. The Balaban J connectivity index is 1.82. The van der Waals surface area contributed by atoms with Crippen LogP contribution >= 0.6 is 0 Å². The van der Waals surface area contributed by atoms with Crippen molar-refractivity contribution in [2.24, 2.45) is 0 Å². The lowest BCUT2D eigenvalue weighted by Gasteiger charge is -2.19. The zero-order valence-corrected chi connectivity index (χ0v) is 12.0. The highest BCUT2D eigenvalue weighted by molar-refractivity contribution is 5.57. The Morgan fingerprint density at radius 1 is 1.19 bits per heavy atom. The Bertz CT molecular complexity index is 620. The minimum atomic E-state index is -0.388. The van der Waals surface area contributed by atoms with Crippen molar-refractivity contribution >= 4 is 11.4 Å². The number of benzene rings is 2. The van der Waals surface area contributed by atoms with Crippen LogP contribution in [0.25, 0.3) is 0 Å². The van der Waals surface area contributed by atoms with Gasteiger partial charge in [0.1, 0.15) is 11.9 Å². The van der Waals surface area contributed by atoms with E-state index >= 15 is 0 Å². The molecule has 0 radical (unpaired) electrons. The monoisotopic (exact) mass is 283 g/mol. The van der Waals surface area contributed by atoms with Crippen molar-refractivity contribution in [3.63, 3.8) is 0 Å². The maximum Gasteiger partial charge on any atom is 0.124 e. The van der Waals surface area contributed by atoms with Gasteiger partial charge in [0.05, 0.1) is 11.3 Å². The van der Waals surface area contributed by atoms with Gasteiger partial charge < -0.3 is 10.2 Å². The molecule has 0 aromatic heterocycles.